The van der Waals surface area contributed by atoms with Gasteiger partial charge in [-0.05, 0) is 30.4 Å². The average molecular weight is 229 g/mol. The number of benzene rings is 1. The number of nitrogens with one attached hydrogen (secondary N) is 1. The Labute approximate surface area is 102 Å². The van der Waals surface area contributed by atoms with E-state index in [2.05, 4.69) is 25.8 Å². The number of rotatable bonds is 3. The van der Waals surface area contributed by atoms with Crippen molar-refractivity contribution in [3.63, 3.8) is 0 Å². The van der Waals surface area contributed by atoms with E-state index < -0.39 is 0 Å². The fraction of sp³-hybridized carbons (Fsp3) is 0.400. The van der Waals surface area contributed by atoms with Gasteiger partial charge in [-0.2, -0.15) is 0 Å². The molecule has 0 amide bonds. The summed E-state index contributed by atoms with van der Waals surface area (Å²) in [6, 6.07) is 9.41. The number of pyridine rings is 1. The molecule has 0 saturated heterocycles. The van der Waals surface area contributed by atoms with Crippen molar-refractivity contribution in [2.45, 2.75) is 27.2 Å². The van der Waals surface area contributed by atoms with E-state index in [1.54, 1.807) is 6.07 Å². The number of hydrogen-bond acceptors (Lipinski definition) is 1. The van der Waals surface area contributed by atoms with E-state index in [9.17, 15) is 4.79 Å². The molecule has 2 rings (SSSR count). The van der Waals surface area contributed by atoms with Gasteiger partial charge in [0.05, 0.1) is 0 Å². The van der Waals surface area contributed by atoms with Crippen molar-refractivity contribution in [3.8, 4) is 0 Å². The second kappa shape index (κ2) is 4.74. The monoisotopic (exact) mass is 229 g/mol. The first-order chi connectivity index (χ1) is 8.08. The molecule has 2 heteroatoms. The Morgan fingerprint density at radius 2 is 1.88 bits per heavy atom. The molecule has 1 heterocycles. The van der Waals surface area contributed by atoms with Crippen LogP contribution in [0.1, 0.15) is 26.5 Å². The zero-order chi connectivity index (χ0) is 12.4. The van der Waals surface area contributed by atoms with Gasteiger partial charge in [0.2, 0.25) is 0 Å². The number of aromatic amines is 1. The van der Waals surface area contributed by atoms with Gasteiger partial charge in [-0.15, -0.1) is 0 Å². The number of fused-ring (bicyclic) bond motifs is 1. The normalized spacial score (nSPS) is 13.2. The summed E-state index contributed by atoms with van der Waals surface area (Å²) in [5.41, 5.74) is 2.09. The molecule has 0 aliphatic carbocycles. The molecule has 0 unspecified atom stereocenters. The van der Waals surface area contributed by atoms with Crippen LogP contribution in [0.4, 0.5) is 0 Å². The third-order valence-corrected chi connectivity index (χ3v) is 3.47. The summed E-state index contributed by atoms with van der Waals surface area (Å²) in [4.78, 5) is 15.3. The van der Waals surface area contributed by atoms with Crippen LogP contribution in [-0.4, -0.2) is 4.98 Å². The second-order valence-electron chi connectivity index (χ2n) is 5.13. The Bertz CT molecular complexity index is 568. The summed E-state index contributed by atoms with van der Waals surface area (Å²) in [5.74, 6) is 1.21. The largest absolute Gasteiger partial charge is 0.358 e. The molecule has 0 aliphatic rings. The van der Waals surface area contributed by atoms with Gasteiger partial charge < -0.3 is 4.98 Å². The Hall–Kier alpha value is -1.57. The Morgan fingerprint density at radius 3 is 2.59 bits per heavy atom. The molecule has 0 fully saturated rings. The van der Waals surface area contributed by atoms with Gasteiger partial charge >= 0.3 is 0 Å². The van der Waals surface area contributed by atoms with Gasteiger partial charge in [-0.1, -0.05) is 32.9 Å². The van der Waals surface area contributed by atoms with Crippen molar-refractivity contribution < 1.29 is 0 Å². The number of H-pyrrole nitrogens is 1. The minimum Gasteiger partial charge on any atom is -0.358 e. The predicted molar refractivity (Wildman–Crippen MR) is 72.3 cm³/mol. The highest BCUT2D eigenvalue weighted by molar-refractivity contribution is 5.78. The zero-order valence-corrected chi connectivity index (χ0v) is 10.7. The van der Waals surface area contributed by atoms with Crippen LogP contribution in [0.2, 0.25) is 0 Å². The molecular weight excluding hydrogens is 210 g/mol. The lowest BCUT2D eigenvalue weighted by atomic mass is 9.93. The molecule has 1 atom stereocenters. The van der Waals surface area contributed by atoms with Crippen molar-refractivity contribution in [1.29, 1.82) is 0 Å². The number of hydrogen-bond donors (Lipinski definition) is 1. The number of para-hydroxylation sites is 1. The minimum atomic E-state index is 0.116. The van der Waals surface area contributed by atoms with Crippen LogP contribution in [0.25, 0.3) is 10.9 Å². The van der Waals surface area contributed by atoms with Gasteiger partial charge in [0.15, 0.2) is 5.43 Å². The molecule has 1 N–H and O–H groups in total. The van der Waals surface area contributed by atoms with Gasteiger partial charge in [0.25, 0.3) is 0 Å². The molecule has 1 aromatic carbocycles. The van der Waals surface area contributed by atoms with Gasteiger partial charge in [-0.25, -0.2) is 0 Å². The lowest BCUT2D eigenvalue weighted by Gasteiger charge is -2.15. The highest BCUT2D eigenvalue weighted by Crippen LogP contribution is 2.16. The molecule has 0 bridgehead atoms. The van der Waals surface area contributed by atoms with Crippen LogP contribution < -0.4 is 5.43 Å². The summed E-state index contributed by atoms with van der Waals surface area (Å²) in [5, 5.41) is 0.772. The van der Waals surface area contributed by atoms with Crippen molar-refractivity contribution in [2.24, 2.45) is 11.8 Å². The van der Waals surface area contributed by atoms with Crippen molar-refractivity contribution in [1.82, 2.24) is 4.98 Å². The summed E-state index contributed by atoms with van der Waals surface area (Å²) < 4.78 is 0. The maximum Gasteiger partial charge on any atom is 0.189 e. The third kappa shape index (κ3) is 2.57. The van der Waals surface area contributed by atoms with Gasteiger partial charge in [-0.3, -0.25) is 4.79 Å². The second-order valence-corrected chi connectivity index (χ2v) is 5.13. The van der Waals surface area contributed by atoms with E-state index in [0.29, 0.717) is 11.8 Å². The average Bonchev–Trinajstić information content (AvgIpc) is 2.29. The fourth-order valence-electron chi connectivity index (χ4n) is 1.94. The van der Waals surface area contributed by atoms with Crippen LogP contribution in [-0.2, 0) is 6.42 Å². The van der Waals surface area contributed by atoms with Crippen LogP contribution in [0.3, 0.4) is 0 Å². The fourth-order valence-corrected chi connectivity index (χ4v) is 1.94. The van der Waals surface area contributed by atoms with Crippen LogP contribution in [0.15, 0.2) is 35.1 Å². The smallest absolute Gasteiger partial charge is 0.189 e. The molecule has 0 aliphatic heterocycles. The lowest BCUT2D eigenvalue weighted by molar-refractivity contribution is 0.414. The zero-order valence-electron chi connectivity index (χ0n) is 10.7. The first kappa shape index (κ1) is 11.9. The SMILES string of the molecule is CC(C)[C@@H](C)Cc1cc(=O)c2ccccc2[nH]1. The molecule has 90 valence electrons. The van der Waals surface area contributed by atoms with Crippen LogP contribution >= 0.6 is 0 Å². The topological polar surface area (TPSA) is 32.9 Å². The molecule has 0 radical (unpaired) electrons. The summed E-state index contributed by atoms with van der Waals surface area (Å²) in [6.07, 6.45) is 0.928. The van der Waals surface area contributed by atoms with E-state index >= 15 is 0 Å². The minimum absolute atomic E-state index is 0.116. The van der Waals surface area contributed by atoms with Crippen molar-refractivity contribution in [2.75, 3.05) is 0 Å². The highest BCUT2D eigenvalue weighted by Gasteiger charge is 2.09. The molecule has 0 spiro atoms. The van der Waals surface area contributed by atoms with E-state index in [4.69, 9.17) is 0 Å². The van der Waals surface area contributed by atoms with Crippen molar-refractivity contribution >= 4 is 10.9 Å². The lowest BCUT2D eigenvalue weighted by Crippen LogP contribution is -2.12. The quantitative estimate of drug-likeness (QED) is 0.860. The maximum absolute atomic E-state index is 11.9. The summed E-state index contributed by atoms with van der Waals surface area (Å²) >= 11 is 0. The Morgan fingerprint density at radius 1 is 1.18 bits per heavy atom. The first-order valence-electron chi connectivity index (χ1n) is 6.19. The van der Waals surface area contributed by atoms with E-state index in [1.807, 2.05) is 24.3 Å². The Balaban J connectivity index is 2.40. The molecule has 2 nitrogen and oxygen atoms in total. The predicted octanol–water partition coefficient (Wildman–Crippen LogP) is 3.36. The van der Waals surface area contributed by atoms with E-state index in [1.165, 1.54) is 0 Å². The standard InChI is InChI=1S/C15H19NO/c1-10(2)11(3)8-12-9-15(17)13-6-4-5-7-14(13)16-12/h4-7,9-11H,8H2,1-3H3,(H,16,17)/t11-/m0/s1. The van der Waals surface area contributed by atoms with Gasteiger partial charge in [0, 0.05) is 22.7 Å². The molecular formula is C15H19NO. The maximum atomic E-state index is 11.9. The van der Waals surface area contributed by atoms with E-state index in [-0.39, 0.29) is 5.43 Å². The molecule has 0 saturated carbocycles. The highest BCUT2D eigenvalue weighted by atomic mass is 16.1. The van der Waals surface area contributed by atoms with Crippen LogP contribution in [0.5, 0.6) is 0 Å². The summed E-state index contributed by atoms with van der Waals surface area (Å²) in [6.45, 7) is 6.64. The van der Waals surface area contributed by atoms with Gasteiger partial charge in [0.1, 0.15) is 0 Å². The summed E-state index contributed by atoms with van der Waals surface area (Å²) in [7, 11) is 0. The first-order valence-corrected chi connectivity index (χ1v) is 6.19. The number of aromatic nitrogens is 1. The molecule has 17 heavy (non-hydrogen) atoms. The molecule has 1 aromatic heterocycles. The Kier molecular flexibility index (Phi) is 3.32. The molecule has 2 aromatic rings. The third-order valence-electron chi connectivity index (χ3n) is 3.47. The van der Waals surface area contributed by atoms with E-state index in [0.717, 1.165) is 23.0 Å². The van der Waals surface area contributed by atoms with Crippen molar-refractivity contribution in [3.05, 3.63) is 46.2 Å². The van der Waals surface area contributed by atoms with Crippen LogP contribution in [0, 0.1) is 11.8 Å².